The second kappa shape index (κ2) is 5.74. The van der Waals surface area contributed by atoms with E-state index in [4.69, 9.17) is 11.6 Å². The van der Waals surface area contributed by atoms with Crippen molar-refractivity contribution in [1.29, 1.82) is 0 Å². The van der Waals surface area contributed by atoms with E-state index in [1.54, 1.807) is 36.2 Å². The van der Waals surface area contributed by atoms with Gasteiger partial charge < -0.3 is 10.2 Å². The number of hydrogen-bond acceptors (Lipinski definition) is 2. The topological polar surface area (TPSA) is 49.4 Å². The Kier molecular flexibility index (Phi) is 3.93. The van der Waals surface area contributed by atoms with E-state index in [0.717, 1.165) is 15.7 Å². The fourth-order valence-corrected chi connectivity index (χ4v) is 2.98. The molecule has 4 nitrogen and oxygen atoms in total. The van der Waals surface area contributed by atoms with Gasteiger partial charge >= 0.3 is 0 Å². The van der Waals surface area contributed by atoms with Crippen LogP contribution in [-0.4, -0.2) is 18.9 Å². The summed E-state index contributed by atoms with van der Waals surface area (Å²) < 4.78 is 0.781. The van der Waals surface area contributed by atoms with Crippen LogP contribution in [0.5, 0.6) is 0 Å². The number of fused-ring (bicyclic) bond motifs is 1. The Bertz CT molecular complexity index is 792. The second-order valence-corrected chi connectivity index (χ2v) is 6.37. The summed E-state index contributed by atoms with van der Waals surface area (Å²) in [4.78, 5) is 25.6. The number of hydrogen-bond donors (Lipinski definition) is 1. The molecule has 22 heavy (non-hydrogen) atoms. The molecule has 2 aromatic rings. The van der Waals surface area contributed by atoms with Crippen LogP contribution in [-0.2, 0) is 11.2 Å². The number of carbonyl (C=O) groups is 2. The van der Waals surface area contributed by atoms with Crippen LogP contribution in [0.2, 0.25) is 5.02 Å². The van der Waals surface area contributed by atoms with Crippen LogP contribution >= 0.6 is 27.5 Å². The number of rotatable bonds is 2. The van der Waals surface area contributed by atoms with E-state index in [1.165, 1.54) is 0 Å². The monoisotopic (exact) mass is 378 g/mol. The fraction of sp³-hybridized carbons (Fsp3) is 0.125. The van der Waals surface area contributed by atoms with Crippen molar-refractivity contribution in [2.75, 3.05) is 17.3 Å². The minimum Gasteiger partial charge on any atom is -0.322 e. The molecule has 0 saturated carbocycles. The van der Waals surface area contributed by atoms with Gasteiger partial charge in [-0.25, -0.2) is 0 Å². The number of likely N-dealkylation sites (N-methyl/N-ethyl adjacent to an activating group) is 1. The van der Waals surface area contributed by atoms with E-state index < -0.39 is 0 Å². The summed E-state index contributed by atoms with van der Waals surface area (Å²) in [7, 11) is 1.74. The van der Waals surface area contributed by atoms with Gasteiger partial charge in [0.05, 0.1) is 17.0 Å². The number of anilines is 2. The third-order valence-electron chi connectivity index (χ3n) is 3.59. The maximum Gasteiger partial charge on any atom is 0.257 e. The Morgan fingerprint density at radius 2 is 2.05 bits per heavy atom. The van der Waals surface area contributed by atoms with Crippen molar-refractivity contribution in [3.63, 3.8) is 0 Å². The van der Waals surface area contributed by atoms with Gasteiger partial charge in [0.2, 0.25) is 5.91 Å². The van der Waals surface area contributed by atoms with Gasteiger partial charge in [-0.05, 0) is 42.0 Å². The third kappa shape index (κ3) is 2.74. The van der Waals surface area contributed by atoms with Crippen LogP contribution < -0.4 is 10.2 Å². The number of halogens is 2. The highest BCUT2D eigenvalue weighted by Crippen LogP contribution is 2.30. The quantitative estimate of drug-likeness (QED) is 0.861. The van der Waals surface area contributed by atoms with Crippen molar-refractivity contribution >= 4 is 50.7 Å². The van der Waals surface area contributed by atoms with E-state index >= 15 is 0 Å². The zero-order chi connectivity index (χ0) is 15.9. The smallest absolute Gasteiger partial charge is 0.257 e. The SMILES string of the molecule is CN1C(=O)Cc2cc(NC(=O)c3cc(Br)ccc3Cl)ccc21. The Balaban J connectivity index is 1.85. The molecule has 0 aromatic heterocycles. The van der Waals surface area contributed by atoms with Gasteiger partial charge in [0.1, 0.15) is 0 Å². The molecule has 0 spiro atoms. The molecule has 2 amide bonds. The lowest BCUT2D eigenvalue weighted by atomic mass is 10.1. The number of carbonyl (C=O) groups excluding carboxylic acids is 2. The molecule has 2 aromatic carbocycles. The average Bonchev–Trinajstić information content (AvgIpc) is 2.76. The number of amides is 2. The Morgan fingerprint density at radius 1 is 1.27 bits per heavy atom. The van der Waals surface area contributed by atoms with Gasteiger partial charge in [0, 0.05) is 22.9 Å². The summed E-state index contributed by atoms with van der Waals surface area (Å²) in [6.07, 6.45) is 0.354. The van der Waals surface area contributed by atoms with Crippen molar-refractivity contribution < 1.29 is 9.59 Å². The molecule has 0 aliphatic carbocycles. The molecule has 0 saturated heterocycles. The van der Waals surface area contributed by atoms with Gasteiger partial charge in [-0.2, -0.15) is 0 Å². The molecular formula is C16H12BrClN2O2. The molecule has 1 N–H and O–H groups in total. The summed E-state index contributed by atoms with van der Waals surface area (Å²) in [5.74, 6) is -0.238. The zero-order valence-corrected chi connectivity index (χ0v) is 14.0. The normalized spacial score (nSPS) is 13.2. The van der Waals surface area contributed by atoms with Crippen molar-refractivity contribution in [2.24, 2.45) is 0 Å². The molecule has 1 aliphatic rings. The molecule has 6 heteroatoms. The van der Waals surface area contributed by atoms with E-state index in [2.05, 4.69) is 21.2 Å². The third-order valence-corrected chi connectivity index (χ3v) is 4.41. The summed E-state index contributed by atoms with van der Waals surface area (Å²) in [6.45, 7) is 0. The lowest BCUT2D eigenvalue weighted by Gasteiger charge is -2.11. The van der Waals surface area contributed by atoms with Crippen molar-refractivity contribution in [1.82, 2.24) is 0 Å². The van der Waals surface area contributed by atoms with Crippen LogP contribution in [0.1, 0.15) is 15.9 Å². The first kappa shape index (κ1) is 15.1. The molecule has 0 atom stereocenters. The lowest BCUT2D eigenvalue weighted by molar-refractivity contribution is -0.117. The Hall–Kier alpha value is -1.85. The maximum absolute atomic E-state index is 12.3. The highest BCUT2D eigenvalue weighted by molar-refractivity contribution is 9.10. The van der Waals surface area contributed by atoms with E-state index in [-0.39, 0.29) is 11.8 Å². The molecule has 1 heterocycles. The molecule has 3 rings (SSSR count). The Labute approximate surface area is 141 Å². The average molecular weight is 380 g/mol. The maximum atomic E-state index is 12.3. The molecule has 0 bridgehead atoms. The first-order chi connectivity index (χ1) is 10.5. The van der Waals surface area contributed by atoms with Gasteiger partial charge in [0.15, 0.2) is 0 Å². The van der Waals surface area contributed by atoms with Crippen molar-refractivity contribution in [3.05, 3.63) is 57.0 Å². The molecule has 0 unspecified atom stereocenters. The van der Waals surface area contributed by atoms with Gasteiger partial charge in [-0.1, -0.05) is 27.5 Å². The molecule has 1 aliphatic heterocycles. The highest BCUT2D eigenvalue weighted by atomic mass is 79.9. The van der Waals surface area contributed by atoms with Gasteiger partial charge in [-0.15, -0.1) is 0 Å². The van der Waals surface area contributed by atoms with E-state index in [1.807, 2.05) is 12.1 Å². The van der Waals surface area contributed by atoms with Crippen LogP contribution in [0, 0.1) is 0 Å². The van der Waals surface area contributed by atoms with Gasteiger partial charge in [-0.3, -0.25) is 9.59 Å². The second-order valence-electron chi connectivity index (χ2n) is 5.05. The van der Waals surface area contributed by atoms with E-state index in [9.17, 15) is 9.59 Å². The number of benzene rings is 2. The number of nitrogens with one attached hydrogen (secondary N) is 1. The van der Waals surface area contributed by atoms with E-state index in [0.29, 0.717) is 22.7 Å². The zero-order valence-electron chi connectivity index (χ0n) is 11.7. The minimum atomic E-state index is -0.288. The molecule has 0 radical (unpaired) electrons. The van der Waals surface area contributed by atoms with Gasteiger partial charge in [0.25, 0.3) is 5.91 Å². The summed E-state index contributed by atoms with van der Waals surface area (Å²) >= 11 is 9.38. The van der Waals surface area contributed by atoms with Crippen LogP contribution in [0.15, 0.2) is 40.9 Å². The lowest BCUT2D eigenvalue weighted by Crippen LogP contribution is -2.20. The van der Waals surface area contributed by atoms with Crippen molar-refractivity contribution in [3.8, 4) is 0 Å². The fourth-order valence-electron chi connectivity index (χ4n) is 2.42. The first-order valence-corrected chi connectivity index (χ1v) is 7.78. The molecular weight excluding hydrogens is 368 g/mol. The highest BCUT2D eigenvalue weighted by Gasteiger charge is 2.24. The first-order valence-electron chi connectivity index (χ1n) is 6.61. The minimum absolute atomic E-state index is 0.0495. The van der Waals surface area contributed by atoms with Crippen molar-refractivity contribution in [2.45, 2.75) is 6.42 Å². The standard InChI is InChI=1S/C16H12BrClN2O2/c1-20-14-5-3-11(6-9(14)7-15(20)21)19-16(22)12-8-10(17)2-4-13(12)18/h2-6,8H,7H2,1H3,(H,19,22). The predicted molar refractivity (Wildman–Crippen MR) is 90.7 cm³/mol. The molecule has 112 valence electrons. The largest absolute Gasteiger partial charge is 0.322 e. The summed E-state index contributed by atoms with van der Waals surface area (Å²) in [5, 5.41) is 3.20. The Morgan fingerprint density at radius 3 is 2.82 bits per heavy atom. The van der Waals surface area contributed by atoms with Crippen LogP contribution in [0.25, 0.3) is 0 Å². The summed E-state index contributed by atoms with van der Waals surface area (Å²) in [6, 6.07) is 10.5. The molecule has 0 fully saturated rings. The predicted octanol–water partition coefficient (Wildman–Crippen LogP) is 3.87. The van der Waals surface area contributed by atoms with Crippen LogP contribution in [0.4, 0.5) is 11.4 Å². The number of nitrogens with zero attached hydrogens (tertiary/aromatic N) is 1. The van der Waals surface area contributed by atoms with Crippen LogP contribution in [0.3, 0.4) is 0 Å². The summed E-state index contributed by atoms with van der Waals surface area (Å²) in [5.41, 5.74) is 2.82.